The van der Waals surface area contributed by atoms with Gasteiger partial charge in [-0.15, -0.1) is 0 Å². The molecule has 290 valence electrons. The molecule has 59 heavy (non-hydrogen) atoms. The summed E-state index contributed by atoms with van der Waals surface area (Å²) in [6.07, 6.45) is 26.6. The Hall–Kier alpha value is -6.06. The van der Waals surface area contributed by atoms with Gasteiger partial charge in [0.05, 0.1) is 0 Å². The van der Waals surface area contributed by atoms with Crippen molar-refractivity contribution in [3.05, 3.63) is 232 Å². The van der Waals surface area contributed by atoms with Gasteiger partial charge in [0.25, 0.3) is 0 Å². The van der Waals surface area contributed by atoms with Gasteiger partial charge in [-0.1, -0.05) is 182 Å². The number of benzene rings is 5. The lowest BCUT2D eigenvalue weighted by molar-refractivity contribution is 0.329. The van der Waals surface area contributed by atoms with Crippen LogP contribution in [0.25, 0.3) is 5.57 Å². The molecule has 0 fully saturated rings. The highest BCUT2D eigenvalue weighted by molar-refractivity contribution is 6.08. The molecule has 5 aromatic rings. The maximum Gasteiger partial charge on any atom is 0.150 e. The van der Waals surface area contributed by atoms with Crippen molar-refractivity contribution in [2.24, 2.45) is 27.7 Å². The molecule has 0 radical (unpaired) electrons. The Morgan fingerprint density at radius 2 is 1.44 bits per heavy atom. The summed E-state index contributed by atoms with van der Waals surface area (Å²) in [5.41, 5.74) is 13.9. The van der Waals surface area contributed by atoms with Gasteiger partial charge in [-0.05, 0) is 99.9 Å². The summed E-state index contributed by atoms with van der Waals surface area (Å²) >= 11 is 0. The molecule has 0 aromatic heterocycles. The van der Waals surface area contributed by atoms with Gasteiger partial charge in [-0.25, -0.2) is 9.98 Å². The summed E-state index contributed by atoms with van der Waals surface area (Å²) in [5, 5.41) is 0. The van der Waals surface area contributed by atoms with Crippen LogP contribution in [-0.4, -0.2) is 23.6 Å². The van der Waals surface area contributed by atoms with Gasteiger partial charge in [0.1, 0.15) is 17.8 Å². The number of amidine groups is 2. The van der Waals surface area contributed by atoms with Gasteiger partial charge >= 0.3 is 0 Å². The number of nitrogens with zero attached hydrogens (tertiary/aromatic N) is 3. The molecule has 0 saturated heterocycles. The Kier molecular flexibility index (Phi) is 9.33. The zero-order valence-electron chi connectivity index (χ0n) is 33.8. The van der Waals surface area contributed by atoms with E-state index in [0.717, 1.165) is 36.5 Å². The molecule has 0 amide bonds. The summed E-state index contributed by atoms with van der Waals surface area (Å²) in [7, 11) is 2.14. The van der Waals surface area contributed by atoms with Crippen LogP contribution in [0.4, 0.5) is 0 Å². The molecule has 8 atom stereocenters. The molecule has 0 bridgehead atoms. The van der Waals surface area contributed by atoms with Crippen LogP contribution in [0.2, 0.25) is 0 Å². The first-order valence-electron chi connectivity index (χ1n) is 21.9. The summed E-state index contributed by atoms with van der Waals surface area (Å²) in [5.74, 6) is 4.85. The third-order valence-corrected chi connectivity index (χ3v) is 14.2. The average Bonchev–Trinajstić information content (AvgIpc) is 3.31. The Labute approximate surface area is 349 Å². The topological polar surface area (TPSA) is 28.0 Å². The van der Waals surface area contributed by atoms with Crippen LogP contribution in [0.5, 0.6) is 0 Å². The van der Waals surface area contributed by atoms with Gasteiger partial charge in [0, 0.05) is 36.3 Å². The molecule has 5 aromatic carbocycles. The van der Waals surface area contributed by atoms with E-state index in [0.29, 0.717) is 35.5 Å². The number of hydrogen-bond donors (Lipinski definition) is 0. The molecule has 11 rings (SSSR count). The van der Waals surface area contributed by atoms with E-state index < -0.39 is 0 Å². The first-order valence-corrected chi connectivity index (χ1v) is 21.9. The van der Waals surface area contributed by atoms with E-state index in [2.05, 4.69) is 194 Å². The Balaban J connectivity index is 0.904. The molecule has 0 spiro atoms. The molecule has 1 aliphatic heterocycles. The van der Waals surface area contributed by atoms with Crippen LogP contribution in [0.15, 0.2) is 192 Å². The predicted octanol–water partition coefficient (Wildman–Crippen LogP) is 12.9. The highest BCUT2D eigenvalue weighted by atomic mass is 15.3. The Bertz CT molecular complexity index is 2600. The summed E-state index contributed by atoms with van der Waals surface area (Å²) in [4.78, 5) is 12.8. The lowest BCUT2D eigenvalue weighted by Crippen LogP contribution is -2.37. The largest absolute Gasteiger partial charge is 0.333 e. The molecule has 5 aliphatic carbocycles. The second-order valence-corrected chi connectivity index (χ2v) is 17.5. The Morgan fingerprint density at radius 3 is 2.29 bits per heavy atom. The van der Waals surface area contributed by atoms with E-state index in [1.54, 1.807) is 5.56 Å². The molecular weight excluding hydrogens is 715 g/mol. The normalized spacial score (nSPS) is 27.7. The van der Waals surface area contributed by atoms with Gasteiger partial charge in [-0.2, -0.15) is 0 Å². The van der Waals surface area contributed by atoms with Crippen molar-refractivity contribution in [2.75, 3.05) is 7.05 Å². The molecule has 1 heterocycles. The first-order chi connectivity index (χ1) is 29.2. The minimum Gasteiger partial charge on any atom is -0.333 e. The van der Waals surface area contributed by atoms with Crippen LogP contribution in [0, 0.1) is 17.8 Å². The number of fused-ring (bicyclic) bond motifs is 6. The van der Waals surface area contributed by atoms with Crippen LogP contribution < -0.4 is 0 Å². The van der Waals surface area contributed by atoms with Crippen LogP contribution >= 0.6 is 0 Å². The second-order valence-electron chi connectivity index (χ2n) is 17.5. The number of rotatable bonds is 6. The number of hydrogen-bond acceptors (Lipinski definition) is 3. The molecule has 3 heteroatoms. The number of allylic oxidation sites excluding steroid dienone is 9. The molecule has 0 N–H and O–H groups in total. The SMILES string of the molecule is CN1C(c2ccccc2)=NC(C2C=CC=CC2)=NC1c1cccc(C2CC3C=CC(c4ccc5c(c4)C4C=CCCC4C(c4ccccc4)C5)=CC3c3ccccc32)c1. The fraction of sp³-hybridized carbons (Fsp3) is 0.250. The fourth-order valence-corrected chi connectivity index (χ4v) is 11.3. The third kappa shape index (κ3) is 6.61. The molecular formula is C56H51N3. The van der Waals surface area contributed by atoms with Gasteiger partial charge in [0.15, 0.2) is 0 Å². The van der Waals surface area contributed by atoms with E-state index in [1.807, 2.05) is 0 Å². The van der Waals surface area contributed by atoms with Crippen molar-refractivity contribution in [2.45, 2.75) is 61.9 Å². The molecule has 8 unspecified atom stereocenters. The minimum atomic E-state index is -0.163. The summed E-state index contributed by atoms with van der Waals surface area (Å²) in [6, 6.07) is 47.8. The fourth-order valence-electron chi connectivity index (χ4n) is 11.3. The number of aliphatic imine (C=N–C) groups is 2. The summed E-state index contributed by atoms with van der Waals surface area (Å²) < 4.78 is 0. The standard InChI is InChI=1S/C56H51N3/c1-59-55(39-20-9-4-10-21-39)57-54(38-18-7-3-8-19-38)58-56(59)45-23-15-22-42(32-45)53-36-44-31-29-41(34-52(44)48-26-13-14-27-49(48)53)40-28-30-43-35-50(37-16-5-2-6-17-37)46-24-11-12-25-47(46)51(43)33-40/h2-10,12-18,20-23,25-34,38,44,46-47,50,52-53,56H,11,19,24,35-36H2,1H3. The maximum atomic E-state index is 5.38. The van der Waals surface area contributed by atoms with Crippen molar-refractivity contribution >= 4 is 17.2 Å². The van der Waals surface area contributed by atoms with Crippen molar-refractivity contribution in [1.82, 2.24) is 4.90 Å². The van der Waals surface area contributed by atoms with E-state index in [-0.39, 0.29) is 12.1 Å². The monoisotopic (exact) mass is 765 g/mol. The van der Waals surface area contributed by atoms with E-state index in [1.165, 1.54) is 57.4 Å². The quantitative estimate of drug-likeness (QED) is 0.158. The van der Waals surface area contributed by atoms with Gasteiger partial charge < -0.3 is 4.90 Å². The summed E-state index contributed by atoms with van der Waals surface area (Å²) in [6.45, 7) is 0. The lowest BCUT2D eigenvalue weighted by atomic mass is 9.63. The predicted molar refractivity (Wildman–Crippen MR) is 244 cm³/mol. The third-order valence-electron chi connectivity index (χ3n) is 14.2. The second kappa shape index (κ2) is 15.3. The van der Waals surface area contributed by atoms with E-state index in [4.69, 9.17) is 9.98 Å². The molecule has 3 nitrogen and oxygen atoms in total. The zero-order chi connectivity index (χ0) is 39.3. The van der Waals surface area contributed by atoms with Crippen LogP contribution in [0.3, 0.4) is 0 Å². The lowest BCUT2D eigenvalue weighted by Gasteiger charge is -2.41. The highest BCUT2D eigenvalue weighted by Crippen LogP contribution is 2.52. The van der Waals surface area contributed by atoms with Crippen LogP contribution in [0.1, 0.15) is 106 Å². The average molecular weight is 766 g/mol. The first kappa shape index (κ1) is 36.1. The highest BCUT2D eigenvalue weighted by Gasteiger charge is 2.39. The smallest absolute Gasteiger partial charge is 0.150 e. The van der Waals surface area contributed by atoms with Gasteiger partial charge in [0.2, 0.25) is 0 Å². The van der Waals surface area contributed by atoms with Crippen LogP contribution in [-0.2, 0) is 6.42 Å². The zero-order valence-corrected chi connectivity index (χ0v) is 33.8. The molecule has 0 saturated carbocycles. The molecule has 6 aliphatic rings. The maximum absolute atomic E-state index is 5.38. The van der Waals surface area contributed by atoms with Gasteiger partial charge in [-0.3, -0.25) is 0 Å². The minimum absolute atomic E-state index is 0.163. The van der Waals surface area contributed by atoms with E-state index in [9.17, 15) is 0 Å². The van der Waals surface area contributed by atoms with Crippen molar-refractivity contribution < 1.29 is 0 Å². The van der Waals surface area contributed by atoms with Crippen molar-refractivity contribution in [3.63, 3.8) is 0 Å². The van der Waals surface area contributed by atoms with Crippen molar-refractivity contribution in [1.29, 1.82) is 0 Å². The van der Waals surface area contributed by atoms with Crippen molar-refractivity contribution in [3.8, 4) is 0 Å². The van der Waals surface area contributed by atoms with E-state index >= 15 is 0 Å². The Morgan fingerprint density at radius 1 is 0.644 bits per heavy atom.